The maximum atomic E-state index is 4.68. The molecule has 0 aromatic carbocycles. The zero-order valence-electron chi connectivity index (χ0n) is 6.01. The second kappa shape index (κ2) is 2.86. The van der Waals surface area contributed by atoms with E-state index >= 15 is 0 Å². The Kier molecular flexibility index (Phi) is 1.71. The van der Waals surface area contributed by atoms with Crippen molar-refractivity contribution in [3.05, 3.63) is 24.4 Å². The summed E-state index contributed by atoms with van der Waals surface area (Å²) >= 11 is 4.68. The van der Waals surface area contributed by atoms with Gasteiger partial charge < -0.3 is 0 Å². The third kappa shape index (κ3) is 1.14. The van der Waals surface area contributed by atoms with Gasteiger partial charge in [0, 0.05) is 17.8 Å². The predicted octanol–water partition coefficient (Wildman–Crippen LogP) is 0.768. The minimum atomic E-state index is 0.498. The Hall–Kier alpha value is -1.49. The van der Waals surface area contributed by atoms with Gasteiger partial charge in [-0.15, -0.1) is 0 Å². The highest BCUT2D eigenvalue weighted by Crippen LogP contribution is 2.01. The Labute approximate surface area is 73.7 Å². The molecule has 2 aromatic rings. The van der Waals surface area contributed by atoms with Gasteiger partial charge in [0.05, 0.1) is 6.20 Å². The fourth-order valence-electron chi connectivity index (χ4n) is 0.840. The molecule has 5 heteroatoms. The molecular weight excluding hydrogens is 172 g/mol. The summed E-state index contributed by atoms with van der Waals surface area (Å²) < 4.78 is 0. The zero-order chi connectivity index (χ0) is 8.39. The third-order valence-electron chi connectivity index (χ3n) is 1.35. The van der Waals surface area contributed by atoms with Crippen LogP contribution in [0, 0.1) is 0 Å². The molecule has 2 rings (SSSR count). The summed E-state index contributed by atoms with van der Waals surface area (Å²) in [6, 6.07) is 0. The van der Waals surface area contributed by atoms with Crippen LogP contribution in [0.1, 0.15) is 5.82 Å². The quantitative estimate of drug-likeness (QED) is 0.600. The predicted molar refractivity (Wildman–Crippen MR) is 47.9 cm³/mol. The number of thiocarbonyl (C=S) groups is 1. The average molecular weight is 176 g/mol. The molecule has 2 heterocycles. The molecule has 0 atom stereocenters. The summed E-state index contributed by atoms with van der Waals surface area (Å²) in [5.74, 6) is 0.498. The molecule has 0 spiro atoms. The molecule has 2 aromatic heterocycles. The first-order valence-electron chi connectivity index (χ1n) is 3.29. The standard InChI is InChI=1S/C7H4N4S/c12-4-6-10-3-5-7(11-6)9-2-1-8-5/h1-4H. The van der Waals surface area contributed by atoms with Gasteiger partial charge in [-0.2, -0.15) is 0 Å². The van der Waals surface area contributed by atoms with Crippen LogP contribution in [0.15, 0.2) is 18.6 Å². The van der Waals surface area contributed by atoms with E-state index in [1.54, 1.807) is 18.6 Å². The molecule has 0 unspecified atom stereocenters. The van der Waals surface area contributed by atoms with Crippen LogP contribution in [0.3, 0.4) is 0 Å². The van der Waals surface area contributed by atoms with Crippen LogP contribution in [0.4, 0.5) is 0 Å². The molecule has 0 aliphatic heterocycles. The summed E-state index contributed by atoms with van der Waals surface area (Å²) in [6.07, 6.45) is 4.79. The molecule has 0 bridgehead atoms. The Morgan fingerprint density at radius 2 is 2.00 bits per heavy atom. The van der Waals surface area contributed by atoms with Crippen molar-refractivity contribution in [1.29, 1.82) is 0 Å². The van der Waals surface area contributed by atoms with E-state index in [4.69, 9.17) is 0 Å². The van der Waals surface area contributed by atoms with Gasteiger partial charge >= 0.3 is 0 Å². The lowest BCUT2D eigenvalue weighted by Crippen LogP contribution is -1.94. The minimum absolute atomic E-state index is 0.498. The van der Waals surface area contributed by atoms with Gasteiger partial charge in [-0.25, -0.2) is 19.9 Å². The van der Waals surface area contributed by atoms with Crippen LogP contribution in [-0.2, 0) is 0 Å². The number of rotatable bonds is 1. The Morgan fingerprint density at radius 3 is 2.83 bits per heavy atom. The zero-order valence-corrected chi connectivity index (χ0v) is 6.82. The first-order valence-corrected chi connectivity index (χ1v) is 3.76. The van der Waals surface area contributed by atoms with Gasteiger partial charge in [0.2, 0.25) is 0 Å². The van der Waals surface area contributed by atoms with E-state index in [1.165, 1.54) is 5.37 Å². The minimum Gasteiger partial charge on any atom is -0.250 e. The molecule has 0 N–H and O–H groups in total. The topological polar surface area (TPSA) is 51.6 Å². The van der Waals surface area contributed by atoms with Gasteiger partial charge in [-0.3, -0.25) is 0 Å². The first-order chi connectivity index (χ1) is 5.90. The second-order valence-corrected chi connectivity index (χ2v) is 2.35. The van der Waals surface area contributed by atoms with Crippen molar-refractivity contribution in [2.75, 3.05) is 0 Å². The highest BCUT2D eigenvalue weighted by atomic mass is 32.1. The van der Waals surface area contributed by atoms with E-state index < -0.39 is 0 Å². The number of hydrogen-bond donors (Lipinski definition) is 0. The van der Waals surface area contributed by atoms with E-state index in [-0.39, 0.29) is 0 Å². The lowest BCUT2D eigenvalue weighted by Gasteiger charge is -1.93. The summed E-state index contributed by atoms with van der Waals surface area (Å²) in [6.45, 7) is 0. The van der Waals surface area contributed by atoms with Crippen LogP contribution >= 0.6 is 12.2 Å². The molecule has 0 saturated carbocycles. The molecule has 0 amide bonds. The molecule has 58 valence electrons. The van der Waals surface area contributed by atoms with Crippen molar-refractivity contribution in [2.45, 2.75) is 0 Å². The van der Waals surface area contributed by atoms with E-state index in [1.807, 2.05) is 0 Å². The smallest absolute Gasteiger partial charge is 0.181 e. The Balaban J connectivity index is 2.75. The summed E-state index contributed by atoms with van der Waals surface area (Å²) in [4.78, 5) is 16.0. The molecule has 0 aliphatic carbocycles. The van der Waals surface area contributed by atoms with Crippen molar-refractivity contribution in [1.82, 2.24) is 19.9 Å². The van der Waals surface area contributed by atoms with Crippen molar-refractivity contribution >= 4 is 28.7 Å². The highest BCUT2D eigenvalue weighted by molar-refractivity contribution is 7.79. The van der Waals surface area contributed by atoms with Crippen molar-refractivity contribution in [2.24, 2.45) is 0 Å². The summed E-state index contributed by atoms with van der Waals surface area (Å²) in [5.41, 5.74) is 1.25. The fraction of sp³-hybridized carbons (Fsp3) is 0. The fourth-order valence-corrected chi connectivity index (χ4v) is 0.954. The number of aromatic nitrogens is 4. The summed E-state index contributed by atoms with van der Waals surface area (Å²) in [5, 5.41) is 1.41. The molecule has 0 radical (unpaired) electrons. The second-order valence-electron chi connectivity index (χ2n) is 2.11. The van der Waals surface area contributed by atoms with Crippen LogP contribution in [0.2, 0.25) is 0 Å². The molecule has 0 saturated heterocycles. The third-order valence-corrected chi connectivity index (χ3v) is 1.56. The lowest BCUT2D eigenvalue weighted by atomic mass is 10.5. The van der Waals surface area contributed by atoms with Gasteiger partial charge in [0.25, 0.3) is 0 Å². The van der Waals surface area contributed by atoms with E-state index in [2.05, 4.69) is 32.2 Å². The van der Waals surface area contributed by atoms with E-state index in [9.17, 15) is 0 Å². The molecule has 0 fully saturated rings. The number of fused-ring (bicyclic) bond motifs is 1. The van der Waals surface area contributed by atoms with Crippen molar-refractivity contribution in [3.8, 4) is 0 Å². The molecule has 12 heavy (non-hydrogen) atoms. The van der Waals surface area contributed by atoms with Crippen LogP contribution in [-0.4, -0.2) is 25.3 Å². The van der Waals surface area contributed by atoms with Gasteiger partial charge in [-0.1, -0.05) is 12.2 Å². The van der Waals surface area contributed by atoms with Crippen molar-refractivity contribution < 1.29 is 0 Å². The molecular formula is C7H4N4S. The Bertz CT molecular complexity index is 428. The highest BCUT2D eigenvalue weighted by Gasteiger charge is 1.97. The van der Waals surface area contributed by atoms with Gasteiger partial charge in [0.15, 0.2) is 11.5 Å². The van der Waals surface area contributed by atoms with Crippen molar-refractivity contribution in [3.63, 3.8) is 0 Å². The van der Waals surface area contributed by atoms with Crippen LogP contribution in [0.25, 0.3) is 11.2 Å². The SMILES string of the molecule is S=Cc1ncc2nccnc2n1. The van der Waals surface area contributed by atoms with Crippen LogP contribution in [0.5, 0.6) is 0 Å². The first kappa shape index (κ1) is 7.17. The normalized spacial score (nSPS) is 10.0. The number of hydrogen-bond acceptors (Lipinski definition) is 5. The molecule has 4 nitrogen and oxygen atoms in total. The maximum Gasteiger partial charge on any atom is 0.181 e. The van der Waals surface area contributed by atoms with Crippen LogP contribution < -0.4 is 0 Å². The maximum absolute atomic E-state index is 4.68. The number of nitrogens with zero attached hydrogens (tertiary/aromatic N) is 4. The van der Waals surface area contributed by atoms with E-state index in [0.29, 0.717) is 17.0 Å². The average Bonchev–Trinajstić information content (AvgIpc) is 2.17. The van der Waals surface area contributed by atoms with Gasteiger partial charge in [-0.05, 0) is 0 Å². The largest absolute Gasteiger partial charge is 0.250 e. The molecule has 0 aliphatic rings. The Morgan fingerprint density at radius 1 is 1.17 bits per heavy atom. The van der Waals surface area contributed by atoms with E-state index in [0.717, 1.165) is 0 Å². The monoisotopic (exact) mass is 176 g/mol. The lowest BCUT2D eigenvalue weighted by molar-refractivity contribution is 1.13. The summed E-state index contributed by atoms with van der Waals surface area (Å²) in [7, 11) is 0. The van der Waals surface area contributed by atoms with Gasteiger partial charge in [0.1, 0.15) is 5.52 Å².